The maximum absolute atomic E-state index is 13.6. The Labute approximate surface area is 496 Å². The van der Waals surface area contributed by atoms with Crippen molar-refractivity contribution in [3.8, 4) is 0 Å². The molecule has 0 aromatic heterocycles. The molecule has 0 aromatic rings. The molecule has 32 atom stereocenters. The number of carboxylic acid groups (broad SMARTS) is 2. The highest BCUT2D eigenvalue weighted by molar-refractivity contribution is 5.77. The van der Waals surface area contributed by atoms with Crippen molar-refractivity contribution in [2.45, 2.75) is 229 Å². The van der Waals surface area contributed by atoms with Gasteiger partial charge in [-0.05, 0) is 0 Å². The van der Waals surface area contributed by atoms with Gasteiger partial charge in [-0.3, -0.25) is 14.4 Å². The molecular formula is C48H79N3O37. The van der Waals surface area contributed by atoms with E-state index in [9.17, 15) is 131 Å². The summed E-state index contributed by atoms with van der Waals surface area (Å²) in [5.74, 6) is -14.1. The molecule has 6 saturated heterocycles. The van der Waals surface area contributed by atoms with Crippen LogP contribution < -0.4 is 16.0 Å². The van der Waals surface area contributed by atoms with Gasteiger partial charge in [-0.2, -0.15) is 0 Å². The third-order valence-corrected chi connectivity index (χ3v) is 15.6. The zero-order valence-corrected chi connectivity index (χ0v) is 46.9. The Bertz CT molecular complexity index is 2320. The van der Waals surface area contributed by atoms with Crippen LogP contribution in [0.5, 0.6) is 0 Å². The van der Waals surface area contributed by atoms with E-state index in [0.717, 1.165) is 20.8 Å². The van der Waals surface area contributed by atoms with Crippen LogP contribution in [0, 0.1) is 0 Å². The number of rotatable bonds is 25. The van der Waals surface area contributed by atoms with E-state index < -0.39 is 277 Å². The summed E-state index contributed by atoms with van der Waals surface area (Å²) in [6.07, 6.45) is -60.8. The highest BCUT2D eigenvalue weighted by Gasteiger charge is 2.63. The van der Waals surface area contributed by atoms with Crippen LogP contribution in [0.25, 0.3) is 0 Å². The van der Waals surface area contributed by atoms with Crippen molar-refractivity contribution in [1.29, 1.82) is 0 Å². The number of aliphatic hydroxyl groups is 19. The lowest BCUT2D eigenvalue weighted by Crippen LogP contribution is -2.72. The summed E-state index contributed by atoms with van der Waals surface area (Å²) < 4.78 is 62.4. The van der Waals surface area contributed by atoms with Crippen LogP contribution in [-0.4, -0.2) is 372 Å². The second-order valence-electron chi connectivity index (χ2n) is 21.8. The van der Waals surface area contributed by atoms with Crippen LogP contribution in [0.4, 0.5) is 0 Å². The largest absolute Gasteiger partial charge is 0.477 e. The molecule has 0 radical (unpaired) electrons. The molecule has 508 valence electrons. The summed E-state index contributed by atoms with van der Waals surface area (Å²) in [6, 6.07) is -5.67. The number of carbonyl (C=O) groups is 5. The number of carbonyl (C=O) groups excluding carboxylic acids is 3. The van der Waals surface area contributed by atoms with Crippen LogP contribution in [0.15, 0.2) is 0 Å². The highest BCUT2D eigenvalue weighted by Crippen LogP contribution is 2.41. The molecule has 6 fully saturated rings. The van der Waals surface area contributed by atoms with Crippen LogP contribution in [0.3, 0.4) is 0 Å². The first-order valence-corrected chi connectivity index (χ1v) is 27.4. The summed E-state index contributed by atoms with van der Waals surface area (Å²) in [4.78, 5) is 64.2. The number of hydrogen-bond donors (Lipinski definition) is 24. The predicted molar refractivity (Wildman–Crippen MR) is 268 cm³/mol. The van der Waals surface area contributed by atoms with Crippen LogP contribution in [-0.2, 0) is 76.1 Å². The Kier molecular flexibility index (Phi) is 25.6. The van der Waals surface area contributed by atoms with Gasteiger partial charge in [0.1, 0.15) is 134 Å². The van der Waals surface area contributed by atoms with E-state index in [4.69, 9.17) is 52.1 Å². The third kappa shape index (κ3) is 15.6. The average Bonchev–Trinajstić information content (AvgIpc) is 1.26. The Balaban J connectivity index is 1.29. The Morgan fingerprint density at radius 3 is 1.36 bits per heavy atom. The molecule has 0 aliphatic carbocycles. The summed E-state index contributed by atoms with van der Waals surface area (Å²) in [6.45, 7) is -4.36. The lowest BCUT2D eigenvalue weighted by molar-refractivity contribution is -0.389. The van der Waals surface area contributed by atoms with Crippen molar-refractivity contribution in [3.05, 3.63) is 0 Å². The number of ether oxygens (including phenoxy) is 11. The maximum atomic E-state index is 13.6. The van der Waals surface area contributed by atoms with Gasteiger partial charge in [-0.1, -0.05) is 0 Å². The molecule has 40 heteroatoms. The predicted octanol–water partition coefficient (Wildman–Crippen LogP) is -15.3. The lowest BCUT2D eigenvalue weighted by atomic mass is 9.87. The molecule has 0 bridgehead atoms. The van der Waals surface area contributed by atoms with Gasteiger partial charge in [-0.25, -0.2) is 9.59 Å². The monoisotopic (exact) mass is 1290 g/mol. The minimum absolute atomic E-state index is 0.876. The fourth-order valence-electron chi connectivity index (χ4n) is 11.1. The summed E-state index contributed by atoms with van der Waals surface area (Å²) in [5.41, 5.74) is 0. The maximum Gasteiger partial charge on any atom is 0.364 e. The number of amides is 3. The van der Waals surface area contributed by atoms with E-state index in [-0.39, 0.29) is 0 Å². The fourth-order valence-corrected chi connectivity index (χ4v) is 11.1. The Hall–Kier alpha value is -3.85. The van der Waals surface area contributed by atoms with Gasteiger partial charge in [-0.15, -0.1) is 0 Å². The minimum Gasteiger partial charge on any atom is -0.477 e. The Morgan fingerprint density at radius 1 is 0.466 bits per heavy atom. The molecule has 0 spiro atoms. The summed E-state index contributed by atoms with van der Waals surface area (Å²) in [5, 5.41) is 234. The third-order valence-electron chi connectivity index (χ3n) is 15.6. The SMILES string of the molecule is CC(=O)N[C@H]1[C@H](O[C@@H]2[C@@H](O)[C@@H](O)[C@H](O[C@H]3[C@H](O)[C@@H](O)C(O)O[C@@H]3CO)O[C@@H]2CO)O[C@H](CO)[C@H](O)[C@@H]1O[C@@H]1O[C@H](CO)[C@H](O)[C@H](O[C@]2(C(=O)O)C[C@H](O)[C@@H](NC(C)=O)[C@H]([C@H](O)[C@@H](CO)O[C@]3(C(=O)O)C[C@H](O)[C@@H](NC(C)=O)[C@H]([C@H](O)[C@H](O)CO)O3)O2)[C@H]1O. The minimum atomic E-state index is -3.50. The van der Waals surface area contributed by atoms with E-state index >= 15 is 0 Å². The number of aliphatic hydroxyl groups excluding tert-OH is 19. The van der Waals surface area contributed by atoms with Crippen molar-refractivity contribution in [2.75, 3.05) is 39.6 Å². The van der Waals surface area contributed by atoms with E-state index in [1.807, 2.05) is 0 Å². The second kappa shape index (κ2) is 30.7. The van der Waals surface area contributed by atoms with Gasteiger partial charge in [0.05, 0.1) is 63.9 Å². The average molecular weight is 1290 g/mol. The lowest BCUT2D eigenvalue weighted by Gasteiger charge is -2.52. The quantitative estimate of drug-likeness (QED) is 0.0404. The number of nitrogens with one attached hydrogen (secondary N) is 3. The van der Waals surface area contributed by atoms with E-state index in [1.165, 1.54) is 0 Å². The normalized spacial score (nSPS) is 44.6. The zero-order valence-electron chi connectivity index (χ0n) is 46.9. The molecule has 6 heterocycles. The molecule has 6 aliphatic rings. The van der Waals surface area contributed by atoms with Crippen LogP contribution in [0.1, 0.15) is 33.6 Å². The van der Waals surface area contributed by atoms with Gasteiger partial charge in [0, 0.05) is 33.6 Å². The van der Waals surface area contributed by atoms with Crippen LogP contribution in [0.2, 0.25) is 0 Å². The standard InChI is InChI=1S/C48H79N3O37/c1-12(58)49-23-15(61)4-47(45(74)75,86-38(23)26(64)17(63)6-52)85-20(9-55)29(67)39-24(50-13(2)59)16(62)5-48(87-39,46(76)77)88-40-28(66)19(8-54)80-44(34(40)72)84-37-25(51-14(3)60)42(79-18(7-53)27(37)65)82-36-22(11-57)81-43(33(71)31(36)69)83-35-21(10-56)78-41(73)32(70)30(35)68/h15-44,52-57,61-73H,4-11H2,1-3H3,(H,49,58)(H,50,59)(H,51,60)(H,74,75)(H,76,77)/t15-,16-,17+,18+,19+,20+,21+,22+,23+,24+,25+,26+,27-,28-,29+,30+,31-,32+,33+,34+,35+,36-,37+,38+,39+,40-,41?,42-,43-,44-,47+,48-/m0/s1. The number of hydrogen-bond acceptors (Lipinski definition) is 35. The van der Waals surface area contributed by atoms with Crippen LogP contribution >= 0.6 is 0 Å². The van der Waals surface area contributed by atoms with Gasteiger partial charge in [0.25, 0.3) is 11.6 Å². The number of aliphatic carboxylic acids is 2. The topological polar surface area (TPSA) is 648 Å². The van der Waals surface area contributed by atoms with E-state index in [0.29, 0.717) is 0 Å². The smallest absolute Gasteiger partial charge is 0.364 e. The fraction of sp³-hybridized carbons (Fsp3) is 0.896. The van der Waals surface area contributed by atoms with Crippen molar-refractivity contribution >= 4 is 29.7 Å². The van der Waals surface area contributed by atoms with Gasteiger partial charge < -0.3 is 175 Å². The van der Waals surface area contributed by atoms with Crippen molar-refractivity contribution < 1.29 is 183 Å². The molecule has 3 amide bonds. The molecule has 88 heavy (non-hydrogen) atoms. The Morgan fingerprint density at radius 2 is 0.875 bits per heavy atom. The van der Waals surface area contributed by atoms with Crippen molar-refractivity contribution in [3.63, 3.8) is 0 Å². The first-order chi connectivity index (χ1) is 41.3. The molecule has 0 saturated carbocycles. The summed E-state index contributed by atoms with van der Waals surface area (Å²) >= 11 is 0. The molecule has 1 unspecified atom stereocenters. The summed E-state index contributed by atoms with van der Waals surface area (Å²) in [7, 11) is 0. The highest BCUT2D eigenvalue weighted by atomic mass is 16.8. The molecule has 6 rings (SSSR count). The number of carboxylic acids is 2. The first kappa shape index (κ1) is 73.2. The zero-order chi connectivity index (χ0) is 65.8. The van der Waals surface area contributed by atoms with Gasteiger partial charge in [0.15, 0.2) is 25.2 Å². The van der Waals surface area contributed by atoms with Gasteiger partial charge in [0.2, 0.25) is 17.7 Å². The first-order valence-electron chi connectivity index (χ1n) is 27.4. The molecular weight excluding hydrogens is 1210 g/mol. The molecule has 24 N–H and O–H groups in total. The molecule has 40 nitrogen and oxygen atoms in total. The van der Waals surface area contributed by atoms with E-state index in [1.54, 1.807) is 0 Å². The van der Waals surface area contributed by atoms with Crippen molar-refractivity contribution in [1.82, 2.24) is 16.0 Å². The molecule has 6 aliphatic heterocycles. The van der Waals surface area contributed by atoms with Crippen molar-refractivity contribution in [2.24, 2.45) is 0 Å². The second-order valence-corrected chi connectivity index (χ2v) is 21.8. The van der Waals surface area contributed by atoms with E-state index in [2.05, 4.69) is 16.0 Å². The molecule has 0 aromatic carbocycles. The van der Waals surface area contributed by atoms with Gasteiger partial charge >= 0.3 is 11.9 Å².